The molecule has 0 bridgehead atoms. The highest BCUT2D eigenvalue weighted by molar-refractivity contribution is 5.91. The van der Waals surface area contributed by atoms with Crippen LogP contribution >= 0.6 is 12.4 Å². The zero-order chi connectivity index (χ0) is 17.4. The maximum absolute atomic E-state index is 11.9. The van der Waals surface area contributed by atoms with E-state index in [1.807, 2.05) is 57.3 Å². The van der Waals surface area contributed by atoms with Crippen molar-refractivity contribution >= 4 is 24.0 Å². The second-order valence-electron chi connectivity index (χ2n) is 5.90. The lowest BCUT2D eigenvalue weighted by molar-refractivity contribution is -0.116. The van der Waals surface area contributed by atoms with Crippen molar-refractivity contribution in [3.63, 3.8) is 0 Å². The van der Waals surface area contributed by atoms with Crippen LogP contribution in [-0.4, -0.2) is 19.5 Å². The Labute approximate surface area is 156 Å². The Hall–Kier alpha value is -2.04. The van der Waals surface area contributed by atoms with Crippen LogP contribution in [0, 0.1) is 6.92 Å². The minimum Gasteiger partial charge on any atom is -0.486 e. The monoisotopic (exact) mass is 362 g/mol. The third-order valence-corrected chi connectivity index (χ3v) is 3.88. The molecule has 0 aliphatic heterocycles. The maximum atomic E-state index is 11.9. The Balaban J connectivity index is 0.00000312. The fraction of sp³-hybridized carbons (Fsp3) is 0.350. The van der Waals surface area contributed by atoms with Gasteiger partial charge in [0.15, 0.2) is 0 Å². The van der Waals surface area contributed by atoms with Crippen molar-refractivity contribution in [1.82, 2.24) is 5.32 Å². The zero-order valence-electron chi connectivity index (χ0n) is 15.0. The Morgan fingerprint density at radius 1 is 1.16 bits per heavy atom. The van der Waals surface area contributed by atoms with Crippen molar-refractivity contribution in [3.8, 4) is 5.75 Å². The van der Waals surface area contributed by atoms with E-state index in [2.05, 4.69) is 22.8 Å². The van der Waals surface area contributed by atoms with Gasteiger partial charge in [0, 0.05) is 12.1 Å². The molecule has 0 aliphatic carbocycles. The maximum Gasteiger partial charge on any atom is 0.224 e. The number of hydrogen-bond acceptors (Lipinski definition) is 3. The Morgan fingerprint density at radius 2 is 1.88 bits per heavy atom. The van der Waals surface area contributed by atoms with E-state index in [0.29, 0.717) is 6.42 Å². The topological polar surface area (TPSA) is 50.4 Å². The number of aryl methyl sites for hydroxylation is 1. The van der Waals surface area contributed by atoms with Gasteiger partial charge in [-0.3, -0.25) is 4.79 Å². The van der Waals surface area contributed by atoms with Crippen molar-refractivity contribution in [3.05, 3.63) is 59.7 Å². The molecule has 0 saturated heterocycles. The predicted molar refractivity (Wildman–Crippen MR) is 106 cm³/mol. The van der Waals surface area contributed by atoms with Crippen LogP contribution in [-0.2, 0) is 4.79 Å². The smallest absolute Gasteiger partial charge is 0.224 e. The average molecular weight is 363 g/mol. The summed E-state index contributed by atoms with van der Waals surface area (Å²) in [6, 6.07) is 15.9. The summed E-state index contributed by atoms with van der Waals surface area (Å²) in [7, 11) is 1.89. The largest absolute Gasteiger partial charge is 0.486 e. The first-order chi connectivity index (χ1) is 11.6. The minimum atomic E-state index is -0.0208. The molecule has 2 aromatic carbocycles. The Morgan fingerprint density at radius 3 is 2.52 bits per heavy atom. The summed E-state index contributed by atoms with van der Waals surface area (Å²) in [4.78, 5) is 11.9. The molecule has 2 aromatic rings. The molecule has 0 heterocycles. The number of rotatable bonds is 8. The van der Waals surface area contributed by atoms with Crippen LogP contribution in [0.5, 0.6) is 5.75 Å². The summed E-state index contributed by atoms with van der Waals surface area (Å²) in [5.41, 5.74) is 2.97. The Kier molecular flexibility index (Phi) is 9.03. The molecule has 4 nitrogen and oxygen atoms in total. The lowest BCUT2D eigenvalue weighted by Gasteiger charge is -2.16. The second kappa shape index (κ2) is 10.7. The molecule has 1 unspecified atom stereocenters. The van der Waals surface area contributed by atoms with Gasteiger partial charge in [0.25, 0.3) is 0 Å². The third kappa shape index (κ3) is 6.77. The third-order valence-electron chi connectivity index (χ3n) is 3.88. The SMILES string of the molecule is CNCCCC(=O)Nc1ccc(OC(C)c2ccccc2)cc1C.Cl. The van der Waals surface area contributed by atoms with E-state index in [4.69, 9.17) is 4.74 Å². The van der Waals surface area contributed by atoms with Crippen LogP contribution < -0.4 is 15.4 Å². The highest BCUT2D eigenvalue weighted by atomic mass is 35.5. The fourth-order valence-corrected chi connectivity index (χ4v) is 2.48. The summed E-state index contributed by atoms with van der Waals surface area (Å²) < 4.78 is 6.00. The molecule has 0 radical (unpaired) electrons. The summed E-state index contributed by atoms with van der Waals surface area (Å²) in [6.45, 7) is 4.85. The second-order valence-corrected chi connectivity index (χ2v) is 5.90. The van der Waals surface area contributed by atoms with Gasteiger partial charge in [0.05, 0.1) is 0 Å². The Bertz CT molecular complexity index is 662. The molecule has 136 valence electrons. The van der Waals surface area contributed by atoms with Crippen molar-refractivity contribution in [2.75, 3.05) is 18.9 Å². The highest BCUT2D eigenvalue weighted by Gasteiger charge is 2.09. The van der Waals surface area contributed by atoms with Gasteiger partial charge < -0.3 is 15.4 Å². The number of carbonyl (C=O) groups is 1. The predicted octanol–water partition coefficient (Wildman–Crippen LogP) is 4.49. The fourth-order valence-electron chi connectivity index (χ4n) is 2.48. The summed E-state index contributed by atoms with van der Waals surface area (Å²) in [5.74, 6) is 0.844. The van der Waals surface area contributed by atoms with Crippen molar-refractivity contribution in [2.24, 2.45) is 0 Å². The van der Waals surface area contributed by atoms with E-state index < -0.39 is 0 Å². The molecule has 0 spiro atoms. The first-order valence-corrected chi connectivity index (χ1v) is 8.37. The lowest BCUT2D eigenvalue weighted by Crippen LogP contribution is -2.15. The van der Waals surface area contributed by atoms with Crippen LogP contribution in [0.1, 0.15) is 37.0 Å². The molecule has 0 aliphatic rings. The summed E-state index contributed by atoms with van der Waals surface area (Å²) >= 11 is 0. The average Bonchev–Trinajstić information content (AvgIpc) is 2.58. The zero-order valence-corrected chi connectivity index (χ0v) is 15.9. The number of carbonyl (C=O) groups excluding carboxylic acids is 1. The summed E-state index contributed by atoms with van der Waals surface area (Å²) in [5, 5.41) is 6.00. The van der Waals surface area contributed by atoms with Crippen LogP contribution in [0.3, 0.4) is 0 Å². The summed E-state index contributed by atoms with van der Waals surface area (Å²) in [6.07, 6.45) is 1.33. The number of nitrogens with one attached hydrogen (secondary N) is 2. The quantitative estimate of drug-likeness (QED) is 0.680. The van der Waals surface area contributed by atoms with E-state index in [-0.39, 0.29) is 24.4 Å². The molecule has 0 aromatic heterocycles. The number of ether oxygens (including phenoxy) is 1. The number of halogens is 1. The van der Waals surface area contributed by atoms with Crippen molar-refractivity contribution in [2.45, 2.75) is 32.8 Å². The number of anilines is 1. The van der Waals surface area contributed by atoms with Crippen molar-refractivity contribution in [1.29, 1.82) is 0 Å². The minimum absolute atomic E-state index is 0. The highest BCUT2D eigenvalue weighted by Crippen LogP contribution is 2.26. The van der Waals surface area contributed by atoms with E-state index in [0.717, 1.165) is 35.5 Å². The molecule has 1 amide bonds. The van der Waals surface area contributed by atoms with Crippen molar-refractivity contribution < 1.29 is 9.53 Å². The molecule has 25 heavy (non-hydrogen) atoms. The molecule has 2 N–H and O–H groups in total. The molecule has 1 atom stereocenters. The molecular formula is C20H27ClN2O2. The van der Waals surface area contributed by atoms with E-state index in [9.17, 15) is 4.79 Å². The number of amides is 1. The number of hydrogen-bond donors (Lipinski definition) is 2. The molecule has 2 rings (SSSR count). The van der Waals surface area contributed by atoms with Gasteiger partial charge in [-0.1, -0.05) is 30.3 Å². The molecule has 5 heteroatoms. The lowest BCUT2D eigenvalue weighted by atomic mass is 10.1. The number of benzene rings is 2. The standard InChI is InChI=1S/C20H26N2O2.ClH/c1-15-14-18(24-16(2)17-8-5-4-6-9-17)11-12-19(15)22-20(23)10-7-13-21-3;/h4-6,8-9,11-12,14,16,21H,7,10,13H2,1-3H3,(H,22,23);1H. The first-order valence-electron chi connectivity index (χ1n) is 8.37. The van der Waals surface area contributed by atoms with Gasteiger partial charge in [-0.15, -0.1) is 12.4 Å². The van der Waals surface area contributed by atoms with Gasteiger partial charge >= 0.3 is 0 Å². The van der Waals surface area contributed by atoms with E-state index in [1.165, 1.54) is 0 Å². The van der Waals surface area contributed by atoms with Crippen LogP contribution in [0.4, 0.5) is 5.69 Å². The van der Waals surface area contributed by atoms with E-state index >= 15 is 0 Å². The molecule has 0 fully saturated rings. The van der Waals surface area contributed by atoms with Crippen LogP contribution in [0.15, 0.2) is 48.5 Å². The van der Waals surface area contributed by atoms with Crippen LogP contribution in [0.25, 0.3) is 0 Å². The van der Waals surface area contributed by atoms with Gasteiger partial charge in [0.1, 0.15) is 11.9 Å². The first kappa shape index (κ1) is 21.0. The molecule has 0 saturated carbocycles. The van der Waals surface area contributed by atoms with Gasteiger partial charge in [-0.2, -0.15) is 0 Å². The van der Waals surface area contributed by atoms with Gasteiger partial charge in [0.2, 0.25) is 5.91 Å². The normalized spacial score (nSPS) is 11.3. The van der Waals surface area contributed by atoms with Gasteiger partial charge in [-0.25, -0.2) is 0 Å². The van der Waals surface area contributed by atoms with Crippen LogP contribution in [0.2, 0.25) is 0 Å². The van der Waals surface area contributed by atoms with E-state index in [1.54, 1.807) is 0 Å². The van der Waals surface area contributed by atoms with Gasteiger partial charge in [-0.05, 0) is 63.2 Å². The molecular weight excluding hydrogens is 336 g/mol.